The van der Waals surface area contributed by atoms with E-state index in [-0.39, 0.29) is 22.5 Å². The smallest absolute Gasteiger partial charge is 0.405 e. The Balaban J connectivity index is 1.52. The van der Waals surface area contributed by atoms with Crippen LogP contribution in [0.25, 0.3) is 11.0 Å². The van der Waals surface area contributed by atoms with Gasteiger partial charge in [-0.05, 0) is 15.4 Å². The van der Waals surface area contributed by atoms with Crippen LogP contribution in [0.2, 0.25) is 5.04 Å². The molecule has 1 aliphatic heterocycles. The number of ether oxygens (including phenoxy) is 2. The number of hydrogen-bond donors (Lipinski definition) is 1. The Bertz CT molecular complexity index is 1990. The zero-order valence-electron chi connectivity index (χ0n) is 32.9. The minimum absolute atomic E-state index is 0.0397. The highest BCUT2D eigenvalue weighted by Gasteiger charge is 2.51. The first-order valence-electron chi connectivity index (χ1n) is 18.1. The molecule has 300 valence electrons. The Morgan fingerprint density at radius 3 is 2.27 bits per heavy atom. The van der Waals surface area contributed by atoms with E-state index in [1.807, 2.05) is 55.1 Å². The fourth-order valence-corrected chi connectivity index (χ4v) is 13.1. The molecule has 1 N–H and O–H groups in total. The third kappa shape index (κ3) is 10.6. The van der Waals surface area contributed by atoms with E-state index in [1.54, 1.807) is 44.3 Å². The van der Waals surface area contributed by atoms with Crippen LogP contribution >= 0.6 is 21.6 Å². The molecule has 2 aromatic carbocycles. The summed E-state index contributed by atoms with van der Waals surface area (Å²) in [7, 11) is 4.09. The molecule has 5 rings (SSSR count). The quantitative estimate of drug-likeness (QED) is 0.0289. The normalized spacial score (nSPS) is 17.9. The number of nitrogens with one attached hydrogen (secondary N) is 1. The van der Waals surface area contributed by atoms with Gasteiger partial charge < -0.3 is 28.7 Å². The van der Waals surface area contributed by atoms with E-state index >= 15 is 0 Å². The third-order valence-electron chi connectivity index (χ3n) is 8.83. The van der Waals surface area contributed by atoms with E-state index in [4.69, 9.17) is 13.9 Å². The Labute approximate surface area is 335 Å². The number of carbonyl (C=O) groups is 1. The van der Waals surface area contributed by atoms with Gasteiger partial charge in [0.2, 0.25) is 0 Å². The molecule has 10 nitrogen and oxygen atoms in total. The molecular formula is C40H49F3N6O4S2Si. The summed E-state index contributed by atoms with van der Waals surface area (Å²) in [5.41, 5.74) is 0.891. The summed E-state index contributed by atoms with van der Waals surface area (Å²) < 4.78 is 61.1. The van der Waals surface area contributed by atoms with Crippen LogP contribution in [0.3, 0.4) is 0 Å². The van der Waals surface area contributed by atoms with E-state index in [1.165, 1.54) is 6.33 Å². The maximum atomic E-state index is 12.8. The second kappa shape index (κ2) is 18.2. The molecule has 16 heteroatoms. The third-order valence-corrected chi connectivity index (χ3v) is 16.8. The number of amides is 1. The number of aliphatic imine (C=N–C) groups is 1. The maximum Gasteiger partial charge on any atom is 0.471 e. The standard InChI is InChI=1S/C40H49F3N6O4S2Si/c1-38(2,3)55-54-27-51-31-22-33(53-32(31)24-52-56(39(4,5)6,29-17-11-9-12-18-29)30-19-13-10-14-20-30)49-23-28(16-15-21-44-37(50)40(41,42)43)34-35(47-26-48(7)8)45-25-46-36(34)49/h9-14,17-20,23,25-26,31-33H,21-22,24,27H2,1-8H3,(H,44,50)/t31?,32-,33-/m1/s1. The van der Waals surface area contributed by atoms with Crippen LogP contribution in [0.4, 0.5) is 19.0 Å². The molecule has 0 radical (unpaired) electrons. The van der Waals surface area contributed by atoms with Crippen molar-refractivity contribution in [2.45, 2.75) is 82.4 Å². The van der Waals surface area contributed by atoms with E-state index in [0.717, 1.165) is 10.4 Å². The van der Waals surface area contributed by atoms with Crippen molar-refractivity contribution in [2.24, 2.45) is 4.99 Å². The Morgan fingerprint density at radius 1 is 1.05 bits per heavy atom. The van der Waals surface area contributed by atoms with Crippen LogP contribution in [0.5, 0.6) is 0 Å². The van der Waals surface area contributed by atoms with Gasteiger partial charge in [-0.3, -0.25) is 4.79 Å². The number of nitrogens with zero attached hydrogens (tertiary/aromatic N) is 5. The summed E-state index contributed by atoms with van der Waals surface area (Å²) in [6.45, 7) is 12.9. The average molecular weight is 827 g/mol. The minimum Gasteiger partial charge on any atom is -0.405 e. The molecule has 3 heterocycles. The fourth-order valence-electron chi connectivity index (χ4n) is 6.50. The molecule has 1 fully saturated rings. The summed E-state index contributed by atoms with van der Waals surface area (Å²) in [4.78, 5) is 26.7. The zero-order chi connectivity index (χ0) is 40.7. The van der Waals surface area contributed by atoms with Crippen molar-refractivity contribution in [3.05, 3.63) is 78.8 Å². The number of carbonyl (C=O) groups excluding carboxylic acids is 1. The summed E-state index contributed by atoms with van der Waals surface area (Å²) in [6.07, 6.45) is -1.24. The van der Waals surface area contributed by atoms with Crippen molar-refractivity contribution in [1.82, 2.24) is 24.8 Å². The minimum atomic E-state index is -5.01. The SMILES string of the molecule is CN(C)C=Nc1ncnc2c1c(C#CCNC(=O)C(F)(F)F)cn2[C@H]1CC(OCSSC(C)(C)C)[C@@H](CO[Si](c2ccccc2)(c2ccccc2)C(C)(C)C)O1. The van der Waals surface area contributed by atoms with Crippen molar-refractivity contribution in [1.29, 1.82) is 0 Å². The van der Waals surface area contributed by atoms with E-state index < -0.39 is 39.3 Å². The van der Waals surface area contributed by atoms with Gasteiger partial charge in [-0.25, -0.2) is 15.0 Å². The highest BCUT2D eigenvalue weighted by Crippen LogP contribution is 2.41. The zero-order valence-corrected chi connectivity index (χ0v) is 35.5. The molecule has 0 spiro atoms. The predicted octanol–water partition coefficient (Wildman–Crippen LogP) is 7.07. The summed E-state index contributed by atoms with van der Waals surface area (Å²) in [6, 6.07) is 20.8. The lowest BCUT2D eigenvalue weighted by molar-refractivity contribution is -0.173. The maximum absolute atomic E-state index is 12.8. The Hall–Kier alpha value is -3.85. The molecule has 1 aliphatic rings. The molecule has 4 aromatic rings. The lowest BCUT2D eigenvalue weighted by atomic mass is 10.2. The van der Waals surface area contributed by atoms with Gasteiger partial charge in [-0.1, -0.05) is 136 Å². The summed E-state index contributed by atoms with van der Waals surface area (Å²) in [5.74, 6) is 4.23. The largest absolute Gasteiger partial charge is 0.471 e. The van der Waals surface area contributed by atoms with Crippen molar-refractivity contribution in [3.8, 4) is 11.8 Å². The van der Waals surface area contributed by atoms with Crippen LogP contribution in [-0.2, 0) is 18.7 Å². The van der Waals surface area contributed by atoms with Crippen LogP contribution in [0, 0.1) is 11.8 Å². The van der Waals surface area contributed by atoms with Crippen molar-refractivity contribution in [3.63, 3.8) is 0 Å². The van der Waals surface area contributed by atoms with E-state index in [0.29, 0.717) is 34.8 Å². The molecule has 3 atom stereocenters. The van der Waals surface area contributed by atoms with Crippen molar-refractivity contribution >= 4 is 69.4 Å². The average Bonchev–Trinajstić information content (AvgIpc) is 3.72. The molecule has 1 amide bonds. The molecule has 0 aliphatic carbocycles. The topological polar surface area (TPSA) is 103 Å². The van der Waals surface area contributed by atoms with E-state index in [9.17, 15) is 18.0 Å². The number of benzene rings is 2. The number of rotatable bonds is 13. The molecule has 1 unspecified atom stereocenters. The van der Waals surface area contributed by atoms with Gasteiger partial charge in [0.25, 0.3) is 8.32 Å². The highest BCUT2D eigenvalue weighted by molar-refractivity contribution is 8.77. The number of aromatic nitrogens is 3. The number of fused-ring (bicyclic) bond motifs is 1. The van der Waals surface area contributed by atoms with Gasteiger partial charge in [0.1, 0.15) is 30.2 Å². The van der Waals surface area contributed by atoms with Crippen molar-refractivity contribution in [2.75, 3.05) is 33.2 Å². The number of hydrogen-bond acceptors (Lipinski definition) is 9. The second-order valence-electron chi connectivity index (χ2n) is 15.5. The van der Waals surface area contributed by atoms with Gasteiger partial charge in [0, 0.05) is 31.5 Å². The molecule has 0 saturated carbocycles. The lowest BCUT2D eigenvalue weighted by Gasteiger charge is -2.43. The van der Waals surface area contributed by atoms with Gasteiger partial charge in [0.05, 0.1) is 36.5 Å². The summed E-state index contributed by atoms with van der Waals surface area (Å²) in [5, 5.41) is 4.33. The molecule has 0 bridgehead atoms. The fraction of sp³-hybridized carbons (Fsp3) is 0.450. The van der Waals surface area contributed by atoms with Crippen LogP contribution in [0.15, 0.2) is 78.2 Å². The van der Waals surface area contributed by atoms with Crippen molar-refractivity contribution < 1.29 is 31.9 Å². The van der Waals surface area contributed by atoms with E-state index in [2.05, 4.69) is 92.6 Å². The monoisotopic (exact) mass is 826 g/mol. The predicted molar refractivity (Wildman–Crippen MR) is 222 cm³/mol. The first-order chi connectivity index (χ1) is 26.4. The summed E-state index contributed by atoms with van der Waals surface area (Å²) >= 11 is 0. The van der Waals surface area contributed by atoms with Crippen LogP contribution in [0.1, 0.15) is 59.8 Å². The first kappa shape index (κ1) is 43.3. The molecule has 1 saturated heterocycles. The van der Waals surface area contributed by atoms with Crippen LogP contribution in [-0.4, -0.2) is 96.3 Å². The first-order valence-corrected chi connectivity index (χ1v) is 22.4. The van der Waals surface area contributed by atoms with Crippen LogP contribution < -0.4 is 15.7 Å². The molecule has 56 heavy (non-hydrogen) atoms. The number of halogens is 3. The Morgan fingerprint density at radius 2 is 1.70 bits per heavy atom. The second-order valence-corrected chi connectivity index (χ2v) is 22.9. The molecule has 2 aromatic heterocycles. The molecular weight excluding hydrogens is 778 g/mol. The van der Waals surface area contributed by atoms with Gasteiger partial charge in [-0.2, -0.15) is 13.2 Å². The highest BCUT2D eigenvalue weighted by atomic mass is 33.1. The number of alkyl halides is 3. The Kier molecular flexibility index (Phi) is 14.0. The van der Waals surface area contributed by atoms with Gasteiger partial charge >= 0.3 is 12.1 Å². The van der Waals surface area contributed by atoms with Gasteiger partial charge in [-0.15, -0.1) is 0 Å². The van der Waals surface area contributed by atoms with Gasteiger partial charge in [0.15, 0.2) is 5.82 Å². The lowest BCUT2D eigenvalue weighted by Crippen LogP contribution is -2.67.